The van der Waals surface area contributed by atoms with Crippen LogP contribution in [0.15, 0.2) is 24.3 Å². The smallest absolute Gasteiger partial charge is 0.416 e. The molecule has 1 aliphatic carbocycles. The summed E-state index contributed by atoms with van der Waals surface area (Å²) in [6, 6.07) is 4.73. The molecule has 2 N–H and O–H groups in total. The second kappa shape index (κ2) is 5.38. The van der Waals surface area contributed by atoms with E-state index in [4.69, 9.17) is 5.11 Å². The first-order valence-electron chi connectivity index (χ1n) is 6.43. The first kappa shape index (κ1) is 15.3. The van der Waals surface area contributed by atoms with Gasteiger partial charge < -0.3 is 10.4 Å². The van der Waals surface area contributed by atoms with Crippen molar-refractivity contribution >= 4 is 11.9 Å². The summed E-state index contributed by atoms with van der Waals surface area (Å²) in [6.45, 7) is -0.0329. The Kier molecular flexibility index (Phi) is 3.93. The van der Waals surface area contributed by atoms with Crippen molar-refractivity contribution in [3.63, 3.8) is 0 Å². The number of carboxylic acid groups (broad SMARTS) is 1. The lowest BCUT2D eigenvalue weighted by molar-refractivity contribution is -0.138. The standard InChI is InChI=1S/C14H14F3NO3/c15-14(16,17)10-3-1-2-9(8-10)13(5-6-13)12(21)18-7-4-11(19)20/h1-3,8H,4-7H2,(H,18,21)(H,19,20). The molecule has 1 aliphatic rings. The molecular formula is C14H14F3NO3. The van der Waals surface area contributed by atoms with E-state index in [1.807, 2.05) is 0 Å². The second-order valence-corrected chi connectivity index (χ2v) is 5.06. The maximum absolute atomic E-state index is 12.7. The van der Waals surface area contributed by atoms with Crippen molar-refractivity contribution in [1.29, 1.82) is 0 Å². The third kappa shape index (κ3) is 3.34. The molecule has 1 amide bonds. The number of alkyl halides is 3. The quantitative estimate of drug-likeness (QED) is 0.877. The van der Waals surface area contributed by atoms with Gasteiger partial charge in [-0.25, -0.2) is 0 Å². The Balaban J connectivity index is 2.13. The van der Waals surface area contributed by atoms with Crippen LogP contribution in [0.3, 0.4) is 0 Å². The van der Waals surface area contributed by atoms with Crippen molar-refractivity contribution in [3.8, 4) is 0 Å². The second-order valence-electron chi connectivity index (χ2n) is 5.06. The zero-order valence-corrected chi connectivity index (χ0v) is 11.0. The van der Waals surface area contributed by atoms with E-state index in [2.05, 4.69) is 5.32 Å². The number of carbonyl (C=O) groups is 2. The number of halogens is 3. The molecule has 2 rings (SSSR count). The fourth-order valence-electron chi connectivity index (χ4n) is 2.22. The highest BCUT2D eigenvalue weighted by Gasteiger charge is 2.51. The van der Waals surface area contributed by atoms with Gasteiger partial charge in [-0.3, -0.25) is 9.59 Å². The molecule has 7 heteroatoms. The lowest BCUT2D eigenvalue weighted by Gasteiger charge is -2.17. The van der Waals surface area contributed by atoms with Gasteiger partial charge in [0.1, 0.15) is 0 Å². The van der Waals surface area contributed by atoms with E-state index in [0.29, 0.717) is 18.4 Å². The molecule has 0 radical (unpaired) electrons. The van der Waals surface area contributed by atoms with Crippen molar-refractivity contribution in [2.24, 2.45) is 0 Å². The van der Waals surface area contributed by atoms with Crippen LogP contribution in [0.5, 0.6) is 0 Å². The summed E-state index contributed by atoms with van der Waals surface area (Å²) in [6.07, 6.45) is -3.74. The van der Waals surface area contributed by atoms with E-state index in [1.54, 1.807) is 0 Å². The van der Waals surface area contributed by atoms with Crippen LogP contribution >= 0.6 is 0 Å². The Morgan fingerprint density at radius 3 is 2.48 bits per heavy atom. The molecule has 0 aliphatic heterocycles. The Labute approximate surface area is 119 Å². The molecule has 0 spiro atoms. The van der Waals surface area contributed by atoms with Crippen molar-refractivity contribution < 1.29 is 27.9 Å². The predicted octanol–water partition coefficient (Wildman–Crippen LogP) is 2.33. The Bertz CT molecular complexity index is 565. The summed E-state index contributed by atoms with van der Waals surface area (Å²) in [5.41, 5.74) is -1.41. The molecule has 1 aromatic rings. The molecule has 4 nitrogen and oxygen atoms in total. The maximum atomic E-state index is 12.7. The minimum absolute atomic E-state index is 0.0329. The molecule has 0 atom stereocenters. The van der Waals surface area contributed by atoms with Gasteiger partial charge in [-0.05, 0) is 24.5 Å². The summed E-state index contributed by atoms with van der Waals surface area (Å²) in [5.74, 6) is -1.46. The number of carboxylic acids is 1. The molecular weight excluding hydrogens is 287 g/mol. The number of hydrogen-bond donors (Lipinski definition) is 2. The molecule has 21 heavy (non-hydrogen) atoms. The number of hydrogen-bond acceptors (Lipinski definition) is 2. The molecule has 0 bridgehead atoms. The zero-order valence-electron chi connectivity index (χ0n) is 11.0. The number of amides is 1. The average Bonchev–Trinajstić information content (AvgIpc) is 3.19. The van der Waals surface area contributed by atoms with Crippen molar-refractivity contribution in [2.45, 2.75) is 30.9 Å². The highest BCUT2D eigenvalue weighted by molar-refractivity contribution is 5.91. The van der Waals surface area contributed by atoms with Crippen LogP contribution in [0, 0.1) is 0 Å². The molecule has 0 unspecified atom stereocenters. The van der Waals surface area contributed by atoms with E-state index in [0.717, 1.165) is 12.1 Å². The van der Waals surface area contributed by atoms with Gasteiger partial charge in [0.15, 0.2) is 0 Å². The van der Waals surface area contributed by atoms with Crippen LogP contribution in [-0.4, -0.2) is 23.5 Å². The number of aliphatic carboxylic acids is 1. The number of benzene rings is 1. The summed E-state index contributed by atoms with van der Waals surface area (Å²) >= 11 is 0. The van der Waals surface area contributed by atoms with E-state index in [-0.39, 0.29) is 13.0 Å². The Morgan fingerprint density at radius 2 is 1.95 bits per heavy atom. The lowest BCUT2D eigenvalue weighted by Crippen LogP contribution is -2.36. The SMILES string of the molecule is O=C(O)CCNC(=O)C1(c2cccc(C(F)(F)F)c2)CC1. The number of rotatable bonds is 5. The molecule has 1 fully saturated rings. The first-order chi connectivity index (χ1) is 9.75. The monoisotopic (exact) mass is 301 g/mol. The van der Waals surface area contributed by atoms with Crippen LogP contribution in [-0.2, 0) is 21.2 Å². The fraction of sp³-hybridized carbons (Fsp3) is 0.429. The van der Waals surface area contributed by atoms with Gasteiger partial charge in [0, 0.05) is 6.54 Å². The Hall–Kier alpha value is -2.05. The summed E-state index contributed by atoms with van der Waals surface area (Å²) in [7, 11) is 0. The van der Waals surface area contributed by atoms with Crippen LogP contribution in [0.1, 0.15) is 30.4 Å². The van der Waals surface area contributed by atoms with Gasteiger partial charge >= 0.3 is 12.1 Å². The predicted molar refractivity (Wildman–Crippen MR) is 67.6 cm³/mol. The van der Waals surface area contributed by atoms with Gasteiger partial charge in [-0.2, -0.15) is 13.2 Å². The summed E-state index contributed by atoms with van der Waals surface area (Å²) < 4.78 is 38.1. The minimum atomic E-state index is -4.45. The maximum Gasteiger partial charge on any atom is 0.416 e. The van der Waals surface area contributed by atoms with Crippen molar-refractivity contribution in [3.05, 3.63) is 35.4 Å². The highest BCUT2D eigenvalue weighted by atomic mass is 19.4. The topological polar surface area (TPSA) is 66.4 Å². The van der Waals surface area contributed by atoms with E-state index >= 15 is 0 Å². The highest BCUT2D eigenvalue weighted by Crippen LogP contribution is 2.49. The minimum Gasteiger partial charge on any atom is -0.481 e. The third-order valence-corrected chi connectivity index (χ3v) is 3.55. The van der Waals surface area contributed by atoms with E-state index in [9.17, 15) is 22.8 Å². The molecule has 114 valence electrons. The molecule has 0 heterocycles. The molecule has 0 saturated heterocycles. The van der Waals surface area contributed by atoms with Crippen LogP contribution < -0.4 is 5.32 Å². The van der Waals surface area contributed by atoms with Gasteiger partial charge in [0.2, 0.25) is 5.91 Å². The fourth-order valence-corrected chi connectivity index (χ4v) is 2.22. The zero-order chi connectivity index (χ0) is 15.7. The lowest BCUT2D eigenvalue weighted by atomic mass is 9.93. The van der Waals surface area contributed by atoms with Crippen LogP contribution in [0.2, 0.25) is 0 Å². The van der Waals surface area contributed by atoms with Gasteiger partial charge in [0.05, 0.1) is 17.4 Å². The van der Waals surface area contributed by atoms with Gasteiger partial charge in [-0.1, -0.05) is 18.2 Å². The molecule has 1 aromatic carbocycles. The average molecular weight is 301 g/mol. The van der Waals surface area contributed by atoms with Crippen molar-refractivity contribution in [1.82, 2.24) is 5.32 Å². The van der Waals surface area contributed by atoms with Crippen LogP contribution in [0.4, 0.5) is 13.2 Å². The largest absolute Gasteiger partial charge is 0.481 e. The third-order valence-electron chi connectivity index (χ3n) is 3.55. The first-order valence-corrected chi connectivity index (χ1v) is 6.43. The van der Waals surface area contributed by atoms with E-state index < -0.39 is 29.0 Å². The normalized spacial score (nSPS) is 16.3. The summed E-state index contributed by atoms with van der Waals surface area (Å²) in [4.78, 5) is 22.5. The Morgan fingerprint density at radius 1 is 1.29 bits per heavy atom. The van der Waals surface area contributed by atoms with Gasteiger partial charge in [-0.15, -0.1) is 0 Å². The molecule has 0 aromatic heterocycles. The molecule has 1 saturated carbocycles. The summed E-state index contributed by atoms with van der Waals surface area (Å²) in [5, 5.41) is 11.0. The number of nitrogens with one attached hydrogen (secondary N) is 1. The van der Waals surface area contributed by atoms with Crippen LogP contribution in [0.25, 0.3) is 0 Å². The van der Waals surface area contributed by atoms with Crippen molar-refractivity contribution in [2.75, 3.05) is 6.54 Å². The van der Waals surface area contributed by atoms with Gasteiger partial charge in [0.25, 0.3) is 0 Å². The van der Waals surface area contributed by atoms with E-state index in [1.165, 1.54) is 12.1 Å². The number of carbonyl (C=O) groups excluding carboxylic acids is 1.